The summed E-state index contributed by atoms with van der Waals surface area (Å²) in [6.45, 7) is 1.70. The smallest absolute Gasteiger partial charge is 0.154 e. The number of aromatic nitrogens is 2. The standard InChI is InChI=1S/C34H35Cl2N5O2.ClH/c1-41(2)12-11-37-28-10-9-22(16-38-28)39-33-24(17-42)32(20-7-8-20)40-27-15-23(18-3-4-18)29(30(31(27)33)19-5-6-19)21-13-25(35)34(43)26(36)14-21;/h9-10,13-20,43H,3-8,11-12H2,1-2H3,(H,37,38)(H,39,40);1H. The van der Waals surface area contributed by atoms with E-state index in [9.17, 15) is 9.90 Å². The molecule has 7 rings (SSSR count). The van der Waals surface area contributed by atoms with Crippen LogP contribution in [0.2, 0.25) is 10.0 Å². The van der Waals surface area contributed by atoms with Gasteiger partial charge in [0.1, 0.15) is 5.82 Å². The molecule has 44 heavy (non-hydrogen) atoms. The Hall–Kier alpha value is -3.10. The summed E-state index contributed by atoms with van der Waals surface area (Å²) in [6.07, 6.45) is 9.22. The van der Waals surface area contributed by atoms with E-state index in [1.165, 1.54) is 11.1 Å². The van der Waals surface area contributed by atoms with Gasteiger partial charge in [-0.1, -0.05) is 23.2 Å². The molecule has 3 aliphatic rings. The molecule has 10 heteroatoms. The Morgan fingerprint density at radius 1 is 1.00 bits per heavy atom. The highest BCUT2D eigenvalue weighted by Gasteiger charge is 2.38. The average Bonchev–Trinajstić information content (AvgIpc) is 3.82. The molecule has 2 aromatic carbocycles. The number of anilines is 3. The van der Waals surface area contributed by atoms with E-state index < -0.39 is 0 Å². The highest BCUT2D eigenvalue weighted by Crippen LogP contribution is 2.56. The molecule has 0 radical (unpaired) electrons. The highest BCUT2D eigenvalue weighted by molar-refractivity contribution is 6.37. The molecular formula is C34H36Cl3N5O2. The molecule has 2 heterocycles. The van der Waals surface area contributed by atoms with Gasteiger partial charge in [-0.15, -0.1) is 12.4 Å². The second kappa shape index (κ2) is 12.4. The van der Waals surface area contributed by atoms with Crippen LogP contribution in [0.3, 0.4) is 0 Å². The molecule has 0 spiro atoms. The van der Waals surface area contributed by atoms with Crippen molar-refractivity contribution in [2.24, 2.45) is 0 Å². The van der Waals surface area contributed by atoms with Gasteiger partial charge in [0, 0.05) is 24.4 Å². The Morgan fingerprint density at radius 3 is 2.25 bits per heavy atom. The fourth-order valence-corrected chi connectivity index (χ4v) is 6.57. The van der Waals surface area contributed by atoms with E-state index in [4.69, 9.17) is 28.2 Å². The number of nitrogens with zero attached hydrogens (tertiary/aromatic N) is 3. The van der Waals surface area contributed by atoms with Crippen LogP contribution in [0.1, 0.15) is 83.5 Å². The Bertz CT molecular complexity index is 1710. The molecule has 230 valence electrons. The van der Waals surface area contributed by atoms with Crippen molar-refractivity contribution >= 4 is 70.0 Å². The Morgan fingerprint density at radius 2 is 1.68 bits per heavy atom. The number of carbonyl (C=O) groups is 1. The normalized spacial score (nSPS) is 16.2. The maximum atomic E-state index is 12.8. The predicted molar refractivity (Wildman–Crippen MR) is 182 cm³/mol. The Labute approximate surface area is 273 Å². The number of phenolic OH excluding ortho intramolecular Hbond substituents is 1. The van der Waals surface area contributed by atoms with Crippen LogP contribution in [-0.2, 0) is 0 Å². The second-order valence-electron chi connectivity index (χ2n) is 12.5. The first-order chi connectivity index (χ1) is 20.8. The van der Waals surface area contributed by atoms with Crippen LogP contribution in [0.15, 0.2) is 36.5 Å². The van der Waals surface area contributed by atoms with E-state index in [1.54, 1.807) is 0 Å². The zero-order valence-electron chi connectivity index (χ0n) is 24.8. The first-order valence-electron chi connectivity index (χ1n) is 15.1. The lowest BCUT2D eigenvalue weighted by Crippen LogP contribution is -2.21. The van der Waals surface area contributed by atoms with Crippen LogP contribution >= 0.6 is 35.6 Å². The number of pyridine rings is 2. The zero-order chi connectivity index (χ0) is 29.8. The molecule has 4 aromatic rings. The number of carbonyl (C=O) groups excluding carboxylic acids is 1. The number of hydrogen-bond donors (Lipinski definition) is 3. The third-order valence-electron chi connectivity index (χ3n) is 8.70. The number of benzene rings is 2. The maximum Gasteiger partial charge on any atom is 0.154 e. The number of likely N-dealkylation sites (N-methyl/N-ethyl adjacent to an activating group) is 1. The SMILES string of the molecule is CN(C)CCNc1ccc(Nc2c(C=O)c(C3CC3)nc3cc(C4CC4)c(-c4cc(Cl)c(O)c(Cl)c4)c(C4CC4)c23)cn1.Cl. The molecule has 0 aliphatic heterocycles. The topological polar surface area (TPSA) is 90.4 Å². The molecule has 0 unspecified atom stereocenters. The van der Waals surface area contributed by atoms with E-state index in [2.05, 4.69) is 26.6 Å². The summed E-state index contributed by atoms with van der Waals surface area (Å²) >= 11 is 12.9. The molecule has 0 bridgehead atoms. The summed E-state index contributed by atoms with van der Waals surface area (Å²) in [4.78, 5) is 24.8. The molecule has 0 saturated heterocycles. The van der Waals surface area contributed by atoms with Crippen molar-refractivity contribution < 1.29 is 9.90 Å². The number of hydrogen-bond acceptors (Lipinski definition) is 7. The van der Waals surface area contributed by atoms with Gasteiger partial charge in [-0.3, -0.25) is 9.78 Å². The monoisotopic (exact) mass is 651 g/mol. The van der Waals surface area contributed by atoms with E-state index >= 15 is 0 Å². The number of phenols is 1. The number of aldehydes is 1. The predicted octanol–water partition coefficient (Wildman–Crippen LogP) is 8.89. The van der Waals surface area contributed by atoms with Gasteiger partial charge in [-0.25, -0.2) is 4.98 Å². The van der Waals surface area contributed by atoms with Gasteiger partial charge < -0.3 is 20.6 Å². The van der Waals surface area contributed by atoms with Crippen LogP contribution < -0.4 is 10.6 Å². The first kappa shape index (κ1) is 30.9. The molecule has 3 fully saturated rings. The highest BCUT2D eigenvalue weighted by atomic mass is 35.5. The van der Waals surface area contributed by atoms with Crippen molar-refractivity contribution in [2.75, 3.05) is 37.8 Å². The maximum absolute atomic E-state index is 12.8. The zero-order valence-corrected chi connectivity index (χ0v) is 27.1. The summed E-state index contributed by atoms with van der Waals surface area (Å²) in [5.41, 5.74) is 8.46. The van der Waals surface area contributed by atoms with Gasteiger partial charge >= 0.3 is 0 Å². The molecule has 7 nitrogen and oxygen atoms in total. The lowest BCUT2D eigenvalue weighted by atomic mass is 9.85. The third kappa shape index (κ3) is 6.08. The quantitative estimate of drug-likeness (QED) is 0.139. The van der Waals surface area contributed by atoms with Crippen molar-refractivity contribution in [3.05, 3.63) is 69.0 Å². The lowest BCUT2D eigenvalue weighted by molar-refractivity contribution is 0.112. The Balaban J connectivity index is 0.00000343. The van der Waals surface area contributed by atoms with Crippen LogP contribution in [0, 0.1) is 0 Å². The van der Waals surface area contributed by atoms with Gasteiger partial charge in [-0.05, 0) is 117 Å². The van der Waals surface area contributed by atoms with Crippen molar-refractivity contribution in [3.63, 3.8) is 0 Å². The van der Waals surface area contributed by atoms with Gasteiger partial charge in [-0.2, -0.15) is 0 Å². The fourth-order valence-electron chi connectivity index (χ4n) is 6.08. The van der Waals surface area contributed by atoms with Crippen molar-refractivity contribution in [3.8, 4) is 16.9 Å². The van der Waals surface area contributed by atoms with Crippen LogP contribution in [0.25, 0.3) is 22.0 Å². The second-order valence-corrected chi connectivity index (χ2v) is 13.3. The molecular weight excluding hydrogens is 617 g/mol. The molecule has 0 amide bonds. The number of halogens is 3. The van der Waals surface area contributed by atoms with Gasteiger partial charge in [0.2, 0.25) is 0 Å². The summed E-state index contributed by atoms with van der Waals surface area (Å²) in [5.74, 6) is 1.76. The molecule has 2 aromatic heterocycles. The van der Waals surface area contributed by atoms with Crippen molar-refractivity contribution in [1.82, 2.24) is 14.9 Å². The first-order valence-corrected chi connectivity index (χ1v) is 15.9. The number of rotatable bonds is 11. The summed E-state index contributed by atoms with van der Waals surface area (Å²) in [6, 6.07) is 9.81. The van der Waals surface area contributed by atoms with E-state index in [0.717, 1.165) is 103 Å². The van der Waals surface area contributed by atoms with Gasteiger partial charge in [0.25, 0.3) is 0 Å². The van der Waals surface area contributed by atoms with E-state index in [0.29, 0.717) is 23.3 Å². The molecule has 3 saturated carbocycles. The average molecular weight is 653 g/mol. The fraction of sp³-hybridized carbons (Fsp3) is 0.382. The van der Waals surface area contributed by atoms with Crippen molar-refractivity contribution in [1.29, 1.82) is 0 Å². The van der Waals surface area contributed by atoms with Gasteiger partial charge in [0.05, 0.1) is 44.4 Å². The van der Waals surface area contributed by atoms with Gasteiger partial charge in [0.15, 0.2) is 12.0 Å². The molecule has 3 N–H and O–H groups in total. The minimum Gasteiger partial charge on any atom is -0.505 e. The van der Waals surface area contributed by atoms with E-state index in [-0.39, 0.29) is 28.2 Å². The number of nitrogens with one attached hydrogen (secondary N) is 2. The lowest BCUT2D eigenvalue weighted by Gasteiger charge is -2.23. The number of aromatic hydroxyl groups is 1. The van der Waals surface area contributed by atoms with Crippen molar-refractivity contribution in [2.45, 2.75) is 56.3 Å². The van der Waals surface area contributed by atoms with Crippen LogP contribution in [0.4, 0.5) is 17.2 Å². The van der Waals surface area contributed by atoms with Crippen LogP contribution in [-0.4, -0.2) is 53.4 Å². The number of fused-ring (bicyclic) bond motifs is 1. The third-order valence-corrected chi connectivity index (χ3v) is 9.28. The molecule has 3 aliphatic carbocycles. The van der Waals surface area contributed by atoms with E-state index in [1.807, 2.05) is 44.6 Å². The minimum absolute atomic E-state index is 0. The minimum atomic E-state index is -0.109. The van der Waals surface area contributed by atoms with Crippen LogP contribution in [0.5, 0.6) is 5.75 Å². The largest absolute Gasteiger partial charge is 0.505 e. The summed E-state index contributed by atoms with van der Waals surface area (Å²) < 4.78 is 0. The molecule has 0 atom stereocenters. The summed E-state index contributed by atoms with van der Waals surface area (Å²) in [7, 11) is 4.09. The summed E-state index contributed by atoms with van der Waals surface area (Å²) in [5, 5.41) is 18.8. The Kier molecular flexibility index (Phi) is 8.68.